The summed E-state index contributed by atoms with van der Waals surface area (Å²) in [5, 5.41) is 0. The van der Waals surface area contributed by atoms with E-state index in [9.17, 15) is 0 Å². The summed E-state index contributed by atoms with van der Waals surface area (Å²) >= 11 is 0. The number of aromatic nitrogens is 2. The Labute approximate surface area is 95.6 Å². The molecular formula is C11H18N4O. The maximum atomic E-state index is 5.59. The molecule has 0 bridgehead atoms. The highest BCUT2D eigenvalue weighted by molar-refractivity contribution is 5.37. The van der Waals surface area contributed by atoms with Gasteiger partial charge in [0.05, 0.1) is 6.61 Å². The summed E-state index contributed by atoms with van der Waals surface area (Å²) in [5.41, 5.74) is 6.52. The minimum absolute atomic E-state index is 0.583. The van der Waals surface area contributed by atoms with Crippen LogP contribution in [0.15, 0.2) is 6.07 Å². The van der Waals surface area contributed by atoms with E-state index in [1.165, 1.54) is 0 Å². The molecule has 16 heavy (non-hydrogen) atoms. The first kappa shape index (κ1) is 11.1. The Morgan fingerprint density at radius 3 is 2.88 bits per heavy atom. The monoisotopic (exact) mass is 222 g/mol. The predicted octanol–water partition coefficient (Wildman–Crippen LogP) is 0.579. The Morgan fingerprint density at radius 2 is 2.25 bits per heavy atom. The topological polar surface area (TPSA) is 64.3 Å². The lowest BCUT2D eigenvalue weighted by molar-refractivity contribution is 0.324. The van der Waals surface area contributed by atoms with Crippen LogP contribution in [-0.2, 0) is 0 Å². The van der Waals surface area contributed by atoms with Crippen molar-refractivity contribution in [2.45, 2.75) is 13.8 Å². The molecular weight excluding hydrogens is 204 g/mol. The van der Waals surface area contributed by atoms with Gasteiger partial charge in [-0.15, -0.1) is 0 Å². The normalized spacial score (nSPS) is 16.1. The average molecular weight is 222 g/mol. The molecule has 1 aromatic heterocycles. The van der Waals surface area contributed by atoms with E-state index in [-0.39, 0.29) is 0 Å². The summed E-state index contributed by atoms with van der Waals surface area (Å²) in [6, 6.07) is 1.85. The van der Waals surface area contributed by atoms with Gasteiger partial charge in [-0.25, -0.2) is 4.98 Å². The van der Waals surface area contributed by atoms with Crippen LogP contribution in [0.2, 0.25) is 0 Å². The number of ether oxygens (including phenoxy) is 1. The zero-order chi connectivity index (χ0) is 11.5. The second-order valence-corrected chi connectivity index (χ2v) is 4.09. The first-order valence-electron chi connectivity index (χ1n) is 5.66. The van der Waals surface area contributed by atoms with Crippen LogP contribution in [-0.4, -0.2) is 36.2 Å². The minimum atomic E-state index is 0.583. The number of hydrogen-bond acceptors (Lipinski definition) is 5. The molecule has 1 saturated heterocycles. The van der Waals surface area contributed by atoms with Gasteiger partial charge >= 0.3 is 0 Å². The van der Waals surface area contributed by atoms with Gasteiger partial charge in [-0.1, -0.05) is 0 Å². The number of hydrogen-bond donors (Lipinski definition) is 1. The average Bonchev–Trinajstić information content (AvgIpc) is 2.15. The van der Waals surface area contributed by atoms with Crippen molar-refractivity contribution >= 4 is 5.95 Å². The van der Waals surface area contributed by atoms with Crippen LogP contribution in [0.1, 0.15) is 12.6 Å². The third-order valence-corrected chi connectivity index (χ3v) is 2.68. The fraction of sp³-hybridized carbons (Fsp3) is 0.636. The zero-order valence-electron chi connectivity index (χ0n) is 9.81. The molecule has 0 aromatic carbocycles. The first-order valence-corrected chi connectivity index (χ1v) is 5.66. The molecule has 2 rings (SSSR count). The molecule has 1 aliphatic heterocycles. The van der Waals surface area contributed by atoms with Gasteiger partial charge in [0.15, 0.2) is 0 Å². The Balaban J connectivity index is 2.09. The van der Waals surface area contributed by atoms with E-state index in [2.05, 4.69) is 14.9 Å². The van der Waals surface area contributed by atoms with Crippen molar-refractivity contribution in [2.75, 3.05) is 31.1 Å². The second-order valence-electron chi connectivity index (χ2n) is 4.09. The van der Waals surface area contributed by atoms with E-state index in [1.807, 2.05) is 19.9 Å². The van der Waals surface area contributed by atoms with Gasteiger partial charge in [-0.05, 0) is 20.4 Å². The van der Waals surface area contributed by atoms with Crippen LogP contribution in [0.5, 0.6) is 5.88 Å². The fourth-order valence-electron chi connectivity index (χ4n) is 1.77. The van der Waals surface area contributed by atoms with Crippen LogP contribution in [0.4, 0.5) is 5.95 Å². The molecule has 1 aromatic rings. The number of aryl methyl sites for hydroxylation is 1. The molecule has 2 N–H and O–H groups in total. The van der Waals surface area contributed by atoms with E-state index < -0.39 is 0 Å². The molecule has 0 radical (unpaired) electrons. The lowest BCUT2D eigenvalue weighted by atomic mass is 10.0. The molecule has 5 nitrogen and oxygen atoms in total. The number of nitrogens with zero attached hydrogens (tertiary/aromatic N) is 3. The Morgan fingerprint density at radius 1 is 1.50 bits per heavy atom. The van der Waals surface area contributed by atoms with Gasteiger partial charge in [0.1, 0.15) is 0 Å². The molecule has 0 amide bonds. The van der Waals surface area contributed by atoms with Gasteiger partial charge in [-0.3, -0.25) is 0 Å². The van der Waals surface area contributed by atoms with E-state index in [1.54, 1.807) is 0 Å². The first-order chi connectivity index (χ1) is 7.72. The molecule has 1 fully saturated rings. The Hall–Kier alpha value is -1.36. The third kappa shape index (κ3) is 2.24. The highest BCUT2D eigenvalue weighted by atomic mass is 16.5. The molecule has 0 atom stereocenters. The van der Waals surface area contributed by atoms with Crippen LogP contribution < -0.4 is 15.4 Å². The summed E-state index contributed by atoms with van der Waals surface area (Å²) in [6.07, 6.45) is 0. The van der Waals surface area contributed by atoms with Crippen molar-refractivity contribution in [3.8, 4) is 5.88 Å². The van der Waals surface area contributed by atoms with Gasteiger partial charge in [-0.2, -0.15) is 4.98 Å². The van der Waals surface area contributed by atoms with Crippen molar-refractivity contribution in [1.82, 2.24) is 9.97 Å². The maximum absolute atomic E-state index is 5.59. The van der Waals surface area contributed by atoms with Crippen LogP contribution in [0.3, 0.4) is 0 Å². The minimum Gasteiger partial charge on any atom is -0.478 e. The zero-order valence-corrected chi connectivity index (χ0v) is 9.81. The Kier molecular flexibility index (Phi) is 3.24. The lowest BCUT2D eigenvalue weighted by Gasteiger charge is -2.38. The molecule has 0 saturated carbocycles. The summed E-state index contributed by atoms with van der Waals surface area (Å²) in [7, 11) is 0. The molecule has 0 aliphatic carbocycles. The Bertz CT molecular complexity index is 363. The van der Waals surface area contributed by atoms with Crippen LogP contribution in [0, 0.1) is 12.8 Å². The van der Waals surface area contributed by atoms with Gasteiger partial charge < -0.3 is 15.4 Å². The lowest BCUT2D eigenvalue weighted by Crippen LogP contribution is -2.50. The predicted molar refractivity (Wildman–Crippen MR) is 62.7 cm³/mol. The van der Waals surface area contributed by atoms with E-state index in [0.717, 1.165) is 31.3 Å². The van der Waals surface area contributed by atoms with Crippen molar-refractivity contribution < 1.29 is 4.74 Å². The number of nitrogens with two attached hydrogens (primary N) is 1. The third-order valence-electron chi connectivity index (χ3n) is 2.68. The number of anilines is 1. The SMILES string of the molecule is CCOc1cc(C)nc(N2CC(CN)C2)n1. The smallest absolute Gasteiger partial charge is 0.228 e. The summed E-state index contributed by atoms with van der Waals surface area (Å²) in [4.78, 5) is 10.9. The fourth-order valence-corrected chi connectivity index (χ4v) is 1.77. The van der Waals surface area contributed by atoms with Crippen molar-refractivity contribution in [3.05, 3.63) is 11.8 Å². The van der Waals surface area contributed by atoms with Crippen LogP contribution >= 0.6 is 0 Å². The summed E-state index contributed by atoms with van der Waals surface area (Å²) in [5.74, 6) is 1.99. The molecule has 2 heterocycles. The van der Waals surface area contributed by atoms with Crippen LogP contribution in [0.25, 0.3) is 0 Å². The summed E-state index contributed by atoms with van der Waals surface area (Å²) < 4.78 is 5.40. The molecule has 1 aliphatic rings. The van der Waals surface area contributed by atoms with E-state index in [0.29, 0.717) is 18.4 Å². The highest BCUT2D eigenvalue weighted by Crippen LogP contribution is 2.22. The maximum Gasteiger partial charge on any atom is 0.228 e. The highest BCUT2D eigenvalue weighted by Gasteiger charge is 2.27. The largest absolute Gasteiger partial charge is 0.478 e. The van der Waals surface area contributed by atoms with Gasteiger partial charge in [0.2, 0.25) is 11.8 Å². The van der Waals surface area contributed by atoms with Gasteiger partial charge in [0.25, 0.3) is 0 Å². The molecule has 0 unspecified atom stereocenters. The standard InChI is InChI=1S/C11H18N4O/c1-3-16-10-4-8(2)13-11(14-10)15-6-9(5-12)7-15/h4,9H,3,5-7,12H2,1-2H3. The quantitative estimate of drug-likeness (QED) is 0.807. The van der Waals surface area contributed by atoms with Crippen molar-refractivity contribution in [1.29, 1.82) is 0 Å². The van der Waals surface area contributed by atoms with Gasteiger partial charge in [0, 0.05) is 30.8 Å². The van der Waals surface area contributed by atoms with Crippen molar-refractivity contribution in [2.24, 2.45) is 11.7 Å². The van der Waals surface area contributed by atoms with Crippen molar-refractivity contribution in [3.63, 3.8) is 0 Å². The van der Waals surface area contributed by atoms with E-state index >= 15 is 0 Å². The summed E-state index contributed by atoms with van der Waals surface area (Å²) in [6.45, 7) is 7.16. The molecule has 88 valence electrons. The number of rotatable bonds is 4. The van der Waals surface area contributed by atoms with E-state index in [4.69, 9.17) is 10.5 Å². The second kappa shape index (κ2) is 4.65. The molecule has 0 spiro atoms. The molecule has 5 heteroatoms.